The Balaban J connectivity index is 1.92. The first-order valence-corrected chi connectivity index (χ1v) is 13.3. The summed E-state index contributed by atoms with van der Waals surface area (Å²) >= 11 is 12.4. The fourth-order valence-corrected chi connectivity index (χ4v) is 4.30. The van der Waals surface area contributed by atoms with Gasteiger partial charge in [0.05, 0.1) is 10.0 Å². The summed E-state index contributed by atoms with van der Waals surface area (Å²) < 4.78 is 5.95. The summed E-state index contributed by atoms with van der Waals surface area (Å²) in [4.78, 5) is 28.7. The van der Waals surface area contributed by atoms with Crippen molar-refractivity contribution in [2.45, 2.75) is 52.6 Å². The first-order valence-electron chi connectivity index (χ1n) is 12.5. The summed E-state index contributed by atoms with van der Waals surface area (Å²) in [5.74, 6) is 0.158. The van der Waals surface area contributed by atoms with Gasteiger partial charge in [0, 0.05) is 19.5 Å². The van der Waals surface area contributed by atoms with Crippen molar-refractivity contribution in [2.75, 3.05) is 13.2 Å². The molecule has 2 amide bonds. The van der Waals surface area contributed by atoms with Crippen LogP contribution in [-0.2, 0) is 22.6 Å². The van der Waals surface area contributed by atoms with Crippen LogP contribution in [0.15, 0.2) is 66.7 Å². The minimum absolute atomic E-state index is 0.185. The lowest BCUT2D eigenvalue weighted by molar-refractivity contribution is -0.142. The average molecular weight is 542 g/mol. The number of nitrogens with one attached hydrogen (secondary N) is 1. The van der Waals surface area contributed by atoms with Crippen molar-refractivity contribution in [1.29, 1.82) is 0 Å². The number of hydrogen-bond acceptors (Lipinski definition) is 3. The van der Waals surface area contributed by atoms with Gasteiger partial charge in [-0.15, -0.1) is 0 Å². The number of carbonyl (C=O) groups excluding carboxylic acids is 2. The average Bonchev–Trinajstić information content (AvgIpc) is 2.89. The number of carbonyl (C=O) groups is 2. The minimum Gasteiger partial charge on any atom is -0.483 e. The number of benzene rings is 3. The lowest BCUT2D eigenvalue weighted by Crippen LogP contribution is -2.51. The van der Waals surface area contributed by atoms with E-state index in [-0.39, 0.29) is 25.0 Å². The third-order valence-electron chi connectivity index (χ3n) is 6.13. The van der Waals surface area contributed by atoms with Crippen LogP contribution in [0.2, 0.25) is 10.0 Å². The number of rotatable bonds is 12. The SMILES string of the molecule is CCCCNC(=O)[C@H](Cc1ccccc1)N(Cc1ccc(Cl)c(Cl)c1)C(=O)COc1cc(C)ccc1C. The lowest BCUT2D eigenvalue weighted by Gasteiger charge is -2.31. The van der Waals surface area contributed by atoms with Crippen molar-refractivity contribution in [1.82, 2.24) is 10.2 Å². The van der Waals surface area contributed by atoms with Crippen molar-refractivity contribution in [3.8, 4) is 5.75 Å². The zero-order valence-corrected chi connectivity index (χ0v) is 23.1. The van der Waals surface area contributed by atoms with E-state index in [4.69, 9.17) is 27.9 Å². The number of amides is 2. The summed E-state index contributed by atoms with van der Waals surface area (Å²) in [6.45, 7) is 6.52. The van der Waals surface area contributed by atoms with Gasteiger partial charge in [0.25, 0.3) is 5.91 Å². The molecule has 0 bridgehead atoms. The van der Waals surface area contributed by atoms with E-state index in [1.807, 2.05) is 68.4 Å². The number of aryl methyl sites for hydroxylation is 2. The van der Waals surface area contributed by atoms with Crippen LogP contribution in [0, 0.1) is 13.8 Å². The second kappa shape index (κ2) is 14.1. The Kier molecular flexibility index (Phi) is 10.8. The number of hydrogen-bond donors (Lipinski definition) is 1. The molecule has 0 spiro atoms. The van der Waals surface area contributed by atoms with Gasteiger partial charge in [-0.2, -0.15) is 0 Å². The molecule has 37 heavy (non-hydrogen) atoms. The van der Waals surface area contributed by atoms with Gasteiger partial charge in [-0.3, -0.25) is 9.59 Å². The molecular formula is C30H34Cl2N2O3. The summed E-state index contributed by atoms with van der Waals surface area (Å²) in [5, 5.41) is 3.84. The second-order valence-corrected chi connectivity index (χ2v) is 9.99. The smallest absolute Gasteiger partial charge is 0.261 e. The van der Waals surface area contributed by atoms with Crippen LogP contribution in [0.5, 0.6) is 5.75 Å². The minimum atomic E-state index is -0.733. The maximum absolute atomic E-state index is 13.7. The molecule has 0 radical (unpaired) electrons. The van der Waals surface area contributed by atoms with Gasteiger partial charge in [0.15, 0.2) is 6.61 Å². The molecule has 0 aliphatic heterocycles. The molecule has 3 aromatic rings. The first-order chi connectivity index (χ1) is 17.8. The molecular weight excluding hydrogens is 507 g/mol. The lowest BCUT2D eigenvalue weighted by atomic mass is 10.0. The Bertz CT molecular complexity index is 1200. The summed E-state index contributed by atoms with van der Waals surface area (Å²) in [6.07, 6.45) is 2.19. The third kappa shape index (κ3) is 8.51. The molecule has 3 aromatic carbocycles. The Morgan fingerprint density at radius 2 is 1.70 bits per heavy atom. The topological polar surface area (TPSA) is 58.6 Å². The normalized spacial score (nSPS) is 11.6. The fraction of sp³-hybridized carbons (Fsp3) is 0.333. The molecule has 0 saturated carbocycles. The van der Waals surface area contributed by atoms with Crippen molar-refractivity contribution < 1.29 is 14.3 Å². The number of ether oxygens (including phenoxy) is 1. The van der Waals surface area contributed by atoms with Crippen LogP contribution < -0.4 is 10.1 Å². The molecule has 0 aromatic heterocycles. The highest BCUT2D eigenvalue weighted by Crippen LogP contribution is 2.25. The number of halogens is 2. The quantitative estimate of drug-likeness (QED) is 0.265. The van der Waals surface area contributed by atoms with Crippen molar-refractivity contribution in [3.63, 3.8) is 0 Å². The third-order valence-corrected chi connectivity index (χ3v) is 6.87. The maximum atomic E-state index is 13.7. The zero-order chi connectivity index (χ0) is 26.8. The van der Waals surface area contributed by atoms with Crippen LogP contribution in [-0.4, -0.2) is 35.9 Å². The monoisotopic (exact) mass is 540 g/mol. The van der Waals surface area contributed by atoms with Crippen LogP contribution in [0.1, 0.15) is 42.0 Å². The summed E-state index contributed by atoms with van der Waals surface area (Å²) in [6, 6.07) is 20.1. The maximum Gasteiger partial charge on any atom is 0.261 e. The standard InChI is InChI=1S/C30H34Cl2N2O3/c1-4-5-15-33-30(36)27(18-23-9-7-6-8-10-23)34(19-24-13-14-25(31)26(32)17-24)29(35)20-37-28-16-21(2)11-12-22(28)3/h6-14,16-17,27H,4-5,15,18-20H2,1-3H3,(H,33,36)/t27-/m0/s1. The Labute approximate surface area is 229 Å². The van der Waals surface area contributed by atoms with E-state index in [9.17, 15) is 9.59 Å². The molecule has 0 aliphatic rings. The first kappa shape index (κ1) is 28.5. The molecule has 0 saturated heterocycles. The molecule has 1 atom stereocenters. The van der Waals surface area contributed by atoms with Crippen molar-refractivity contribution in [3.05, 3.63) is 99.0 Å². The molecule has 0 fully saturated rings. The van der Waals surface area contributed by atoms with E-state index in [2.05, 4.69) is 12.2 Å². The van der Waals surface area contributed by atoms with Crippen molar-refractivity contribution >= 4 is 35.0 Å². The summed E-state index contributed by atoms with van der Waals surface area (Å²) in [5.41, 5.74) is 3.71. The number of unbranched alkanes of at least 4 members (excludes halogenated alkanes) is 1. The van der Waals surface area contributed by atoms with Gasteiger partial charge in [-0.1, -0.05) is 85.1 Å². The van der Waals surface area contributed by atoms with Gasteiger partial charge in [-0.25, -0.2) is 0 Å². The van der Waals surface area contributed by atoms with E-state index in [0.29, 0.717) is 28.8 Å². The Hall–Kier alpha value is -3.02. The zero-order valence-electron chi connectivity index (χ0n) is 21.6. The fourth-order valence-electron chi connectivity index (χ4n) is 3.98. The Morgan fingerprint density at radius 1 is 0.946 bits per heavy atom. The van der Waals surface area contributed by atoms with Gasteiger partial charge in [0.2, 0.25) is 5.91 Å². The van der Waals surface area contributed by atoms with Crippen LogP contribution in [0.3, 0.4) is 0 Å². The van der Waals surface area contributed by atoms with Gasteiger partial charge in [-0.05, 0) is 60.7 Å². The van der Waals surface area contributed by atoms with Gasteiger partial charge >= 0.3 is 0 Å². The van der Waals surface area contributed by atoms with Crippen LogP contribution in [0.25, 0.3) is 0 Å². The molecule has 0 unspecified atom stereocenters. The highest BCUT2D eigenvalue weighted by atomic mass is 35.5. The molecule has 3 rings (SSSR count). The van der Waals surface area contributed by atoms with Gasteiger partial charge < -0.3 is 15.0 Å². The van der Waals surface area contributed by atoms with E-state index in [1.54, 1.807) is 17.0 Å². The van der Waals surface area contributed by atoms with E-state index < -0.39 is 6.04 Å². The highest BCUT2D eigenvalue weighted by Gasteiger charge is 2.30. The van der Waals surface area contributed by atoms with Crippen LogP contribution >= 0.6 is 23.2 Å². The van der Waals surface area contributed by atoms with E-state index in [1.165, 1.54) is 0 Å². The molecule has 1 N–H and O–H groups in total. The molecule has 196 valence electrons. The summed E-state index contributed by atoms with van der Waals surface area (Å²) in [7, 11) is 0. The predicted molar refractivity (Wildman–Crippen MR) is 150 cm³/mol. The Morgan fingerprint density at radius 3 is 2.41 bits per heavy atom. The predicted octanol–water partition coefficient (Wildman–Crippen LogP) is 6.55. The second-order valence-electron chi connectivity index (χ2n) is 9.18. The van der Waals surface area contributed by atoms with Crippen LogP contribution in [0.4, 0.5) is 0 Å². The molecule has 0 heterocycles. The van der Waals surface area contributed by atoms with E-state index in [0.717, 1.165) is 35.1 Å². The molecule has 7 heteroatoms. The van der Waals surface area contributed by atoms with Crippen molar-refractivity contribution in [2.24, 2.45) is 0 Å². The highest BCUT2D eigenvalue weighted by molar-refractivity contribution is 6.42. The number of nitrogens with zero attached hydrogens (tertiary/aromatic N) is 1. The van der Waals surface area contributed by atoms with E-state index >= 15 is 0 Å². The largest absolute Gasteiger partial charge is 0.483 e. The molecule has 5 nitrogen and oxygen atoms in total. The van der Waals surface area contributed by atoms with Gasteiger partial charge in [0.1, 0.15) is 11.8 Å². The molecule has 0 aliphatic carbocycles.